The number of rotatable bonds is 5. The molecule has 0 bridgehead atoms. The van der Waals surface area contributed by atoms with E-state index in [0.29, 0.717) is 16.9 Å². The second-order valence-electron chi connectivity index (χ2n) is 7.39. The normalized spacial score (nSPS) is 11.3. The Morgan fingerprint density at radius 3 is 2.53 bits per heavy atom. The van der Waals surface area contributed by atoms with Crippen molar-refractivity contribution in [1.29, 1.82) is 5.26 Å². The quantitative estimate of drug-likeness (QED) is 0.364. The van der Waals surface area contributed by atoms with Crippen LogP contribution in [0.15, 0.2) is 60.9 Å². The molecule has 0 aliphatic heterocycles. The number of hydrogen-bond donors (Lipinski definition) is 1. The molecule has 0 atom stereocenters. The highest BCUT2D eigenvalue weighted by Crippen LogP contribution is 2.45. The lowest BCUT2D eigenvalue weighted by Crippen LogP contribution is -2.06. The molecule has 4 rings (SSSR count). The number of aromatic nitrogens is 3. The average Bonchev–Trinajstić information content (AvgIpc) is 3.18. The predicted molar refractivity (Wildman–Crippen MR) is 119 cm³/mol. The Bertz CT molecular complexity index is 1390. The topological polar surface area (TPSA) is 84.0 Å². The van der Waals surface area contributed by atoms with Crippen LogP contribution in [0.4, 0.5) is 13.2 Å². The fourth-order valence-electron chi connectivity index (χ4n) is 3.42. The number of alkyl halides is 3. The molecule has 0 fully saturated rings. The van der Waals surface area contributed by atoms with Gasteiger partial charge in [0, 0.05) is 28.5 Å². The van der Waals surface area contributed by atoms with Crippen LogP contribution in [-0.4, -0.2) is 19.9 Å². The summed E-state index contributed by atoms with van der Waals surface area (Å²) in [6, 6.07) is 12.4. The summed E-state index contributed by atoms with van der Waals surface area (Å²) < 4.78 is 46.9. The van der Waals surface area contributed by atoms with Gasteiger partial charge in [-0.2, -0.15) is 28.2 Å². The first-order valence-electron chi connectivity index (χ1n) is 9.90. The molecule has 2 aromatic heterocycles. The minimum absolute atomic E-state index is 0.0000241. The number of halogens is 4. The van der Waals surface area contributed by atoms with Gasteiger partial charge in [0.05, 0.1) is 22.5 Å². The van der Waals surface area contributed by atoms with Crippen molar-refractivity contribution in [2.75, 3.05) is 0 Å². The number of benzene rings is 2. The zero-order chi connectivity index (χ0) is 24.5. The van der Waals surface area contributed by atoms with Gasteiger partial charge < -0.3 is 9.84 Å². The van der Waals surface area contributed by atoms with Crippen molar-refractivity contribution in [3.8, 4) is 40.1 Å². The van der Waals surface area contributed by atoms with Crippen molar-refractivity contribution >= 4 is 11.6 Å². The fourth-order valence-corrected chi connectivity index (χ4v) is 3.55. The zero-order valence-corrected chi connectivity index (χ0v) is 18.4. The van der Waals surface area contributed by atoms with Gasteiger partial charge in [0.25, 0.3) is 0 Å². The van der Waals surface area contributed by atoms with Crippen LogP contribution >= 0.6 is 11.6 Å². The average molecular weight is 485 g/mol. The second-order valence-corrected chi connectivity index (χ2v) is 7.83. The molecule has 34 heavy (non-hydrogen) atoms. The van der Waals surface area contributed by atoms with Gasteiger partial charge in [-0.1, -0.05) is 23.7 Å². The fraction of sp³-hybridized carbons (Fsp3) is 0.125. The van der Waals surface area contributed by atoms with Crippen LogP contribution in [0.25, 0.3) is 22.4 Å². The monoisotopic (exact) mass is 484 g/mol. The summed E-state index contributed by atoms with van der Waals surface area (Å²) in [5.74, 6) is -0.233. The van der Waals surface area contributed by atoms with Gasteiger partial charge in [-0.05, 0) is 48.9 Å². The van der Waals surface area contributed by atoms with E-state index < -0.39 is 11.7 Å². The molecule has 0 saturated heterocycles. The molecular formula is C24H16ClF3N4O2. The van der Waals surface area contributed by atoms with Crippen LogP contribution in [0, 0.1) is 18.4 Å². The Labute approximate surface area is 197 Å². The lowest BCUT2D eigenvalue weighted by Gasteiger charge is -2.17. The van der Waals surface area contributed by atoms with Gasteiger partial charge in [-0.3, -0.25) is 4.98 Å². The van der Waals surface area contributed by atoms with Crippen LogP contribution < -0.4 is 4.74 Å². The van der Waals surface area contributed by atoms with Gasteiger partial charge in [0.2, 0.25) is 6.19 Å². The summed E-state index contributed by atoms with van der Waals surface area (Å²) in [5.41, 5.74) is 0.807. The Balaban J connectivity index is 1.85. The van der Waals surface area contributed by atoms with Crippen LogP contribution in [-0.2, 0) is 12.8 Å². The number of aromatic hydroxyl groups is 1. The first-order valence-corrected chi connectivity index (χ1v) is 10.3. The standard InChI is InChI=1S/C24H16ClF3N4O2/c1-14-8-20(32(13-29)31-14)19-6-7-21(34-12-15-2-4-18(25)5-3-15)22(23(19)33)16-9-17(11-30-10-16)24(26,27)28/h2-11,33H,12H2,1H3. The summed E-state index contributed by atoms with van der Waals surface area (Å²) in [7, 11) is 0. The lowest BCUT2D eigenvalue weighted by atomic mass is 9.98. The van der Waals surface area contributed by atoms with Crippen molar-refractivity contribution in [3.05, 3.63) is 82.8 Å². The molecule has 172 valence electrons. The maximum absolute atomic E-state index is 13.3. The Morgan fingerprint density at radius 2 is 1.85 bits per heavy atom. The highest BCUT2D eigenvalue weighted by molar-refractivity contribution is 6.30. The van der Waals surface area contributed by atoms with E-state index >= 15 is 0 Å². The molecule has 1 N–H and O–H groups in total. The number of ether oxygens (including phenoxy) is 1. The van der Waals surface area contributed by atoms with Crippen molar-refractivity contribution in [2.45, 2.75) is 19.7 Å². The molecule has 0 aliphatic rings. The van der Waals surface area contributed by atoms with Gasteiger partial charge in [0.15, 0.2) is 0 Å². The zero-order valence-electron chi connectivity index (χ0n) is 17.6. The van der Waals surface area contributed by atoms with Crippen LogP contribution in [0.5, 0.6) is 11.5 Å². The van der Waals surface area contributed by atoms with Gasteiger partial charge in [0.1, 0.15) is 18.1 Å². The summed E-state index contributed by atoms with van der Waals surface area (Å²) in [6.07, 6.45) is -0.835. The van der Waals surface area contributed by atoms with Crippen molar-refractivity contribution in [3.63, 3.8) is 0 Å². The van der Waals surface area contributed by atoms with Crippen LogP contribution in [0.1, 0.15) is 16.8 Å². The summed E-state index contributed by atoms with van der Waals surface area (Å²) in [4.78, 5) is 3.71. The van der Waals surface area contributed by atoms with Crippen LogP contribution in [0.3, 0.4) is 0 Å². The maximum atomic E-state index is 13.3. The summed E-state index contributed by atoms with van der Waals surface area (Å²) in [6.45, 7) is 1.75. The molecule has 4 aromatic rings. The van der Waals surface area contributed by atoms with E-state index in [9.17, 15) is 23.5 Å². The molecule has 10 heteroatoms. The lowest BCUT2D eigenvalue weighted by molar-refractivity contribution is -0.137. The highest BCUT2D eigenvalue weighted by atomic mass is 35.5. The number of pyridine rings is 1. The van der Waals surface area contributed by atoms with E-state index in [1.165, 1.54) is 18.3 Å². The van der Waals surface area contributed by atoms with E-state index in [2.05, 4.69) is 10.1 Å². The Kier molecular flexibility index (Phi) is 6.18. The minimum Gasteiger partial charge on any atom is -0.506 e. The maximum Gasteiger partial charge on any atom is 0.417 e. The van der Waals surface area contributed by atoms with Gasteiger partial charge in [-0.25, -0.2) is 0 Å². The number of hydrogen-bond acceptors (Lipinski definition) is 5. The third-order valence-corrected chi connectivity index (χ3v) is 5.26. The number of nitriles is 1. The molecule has 0 saturated carbocycles. The van der Waals surface area contributed by atoms with Crippen molar-refractivity contribution < 1.29 is 23.0 Å². The van der Waals surface area contributed by atoms with Gasteiger partial charge in [-0.15, -0.1) is 0 Å². The van der Waals surface area contributed by atoms with Crippen LogP contribution in [0.2, 0.25) is 5.02 Å². The number of phenolic OH excluding ortho intramolecular Hbond substituents is 1. The summed E-state index contributed by atoms with van der Waals surface area (Å²) in [5, 5.41) is 25.1. The largest absolute Gasteiger partial charge is 0.506 e. The SMILES string of the molecule is Cc1cc(-c2ccc(OCc3ccc(Cl)cc3)c(-c3cncc(C(F)(F)F)c3)c2O)n(C#N)n1. The smallest absolute Gasteiger partial charge is 0.417 e. The molecule has 6 nitrogen and oxygen atoms in total. The number of nitrogens with zero attached hydrogens (tertiary/aromatic N) is 4. The van der Waals surface area contributed by atoms with Crippen molar-refractivity contribution in [2.24, 2.45) is 0 Å². The first-order chi connectivity index (χ1) is 16.2. The molecule has 0 unspecified atom stereocenters. The minimum atomic E-state index is -4.63. The summed E-state index contributed by atoms with van der Waals surface area (Å²) >= 11 is 5.91. The molecule has 2 aromatic carbocycles. The van der Waals surface area contributed by atoms with E-state index in [-0.39, 0.29) is 40.5 Å². The third kappa shape index (κ3) is 4.67. The molecule has 0 spiro atoms. The third-order valence-electron chi connectivity index (χ3n) is 5.00. The predicted octanol–water partition coefficient (Wildman–Crippen LogP) is 6.21. The number of phenols is 1. The van der Waals surface area contributed by atoms with E-state index in [1.807, 2.05) is 6.19 Å². The highest BCUT2D eigenvalue weighted by Gasteiger charge is 2.32. The number of aryl methyl sites for hydroxylation is 1. The second kappa shape index (κ2) is 9.08. The molecule has 2 heterocycles. The van der Waals surface area contributed by atoms with E-state index in [4.69, 9.17) is 16.3 Å². The van der Waals surface area contributed by atoms with Gasteiger partial charge >= 0.3 is 6.18 Å². The first kappa shape index (κ1) is 23.1. The van der Waals surface area contributed by atoms with E-state index in [1.54, 1.807) is 37.3 Å². The molecule has 0 radical (unpaired) electrons. The molecular weight excluding hydrogens is 469 g/mol. The Morgan fingerprint density at radius 1 is 1.12 bits per heavy atom. The van der Waals surface area contributed by atoms with Crippen molar-refractivity contribution in [1.82, 2.24) is 14.8 Å². The molecule has 0 aliphatic carbocycles. The van der Waals surface area contributed by atoms with E-state index in [0.717, 1.165) is 16.3 Å². The Hall–Kier alpha value is -4.03. The molecule has 0 amide bonds.